The fourth-order valence-corrected chi connectivity index (χ4v) is 3.33. The third kappa shape index (κ3) is 5.51. The van der Waals surface area contributed by atoms with Crippen molar-refractivity contribution in [3.8, 4) is 17.6 Å². The Balaban J connectivity index is 1.48. The molecular formula is C23H25N3O4. The lowest BCUT2D eigenvalue weighted by Crippen LogP contribution is -2.47. The first-order chi connectivity index (χ1) is 14.6. The molecule has 2 aromatic carbocycles. The summed E-state index contributed by atoms with van der Waals surface area (Å²) in [6.07, 6.45) is 1.40. The van der Waals surface area contributed by atoms with Crippen molar-refractivity contribution >= 4 is 11.8 Å². The van der Waals surface area contributed by atoms with Gasteiger partial charge in [0.15, 0.2) is 18.1 Å². The fraction of sp³-hybridized carbons (Fsp3) is 0.348. The Kier molecular flexibility index (Phi) is 7.28. The van der Waals surface area contributed by atoms with Gasteiger partial charge in [0, 0.05) is 30.8 Å². The van der Waals surface area contributed by atoms with Crippen molar-refractivity contribution in [2.75, 3.05) is 26.3 Å². The van der Waals surface area contributed by atoms with Crippen molar-refractivity contribution in [1.29, 1.82) is 5.26 Å². The molecule has 30 heavy (non-hydrogen) atoms. The minimum atomic E-state index is -0.116. The first-order valence-electron chi connectivity index (χ1n) is 10.0. The standard InChI is InChI=1S/C23H25N3O4/c1-2-29-21-14-17(15-24)8-9-20(21)30-16-22(27)26-12-10-19(11-13-26)25-23(28)18-6-4-3-5-7-18/h3-9,14,19H,2,10-13,16H2,1H3,(H,25,28). The van der Waals surface area contributed by atoms with Crippen molar-refractivity contribution in [3.05, 3.63) is 59.7 Å². The first-order valence-corrected chi connectivity index (χ1v) is 10.0. The maximum atomic E-state index is 12.5. The van der Waals surface area contributed by atoms with E-state index in [0.717, 1.165) is 0 Å². The van der Waals surface area contributed by atoms with Gasteiger partial charge in [-0.25, -0.2) is 0 Å². The summed E-state index contributed by atoms with van der Waals surface area (Å²) in [6.45, 7) is 3.30. The molecule has 1 heterocycles. The summed E-state index contributed by atoms with van der Waals surface area (Å²) in [5.41, 5.74) is 1.11. The molecule has 0 spiro atoms. The van der Waals surface area contributed by atoms with Crippen LogP contribution in [0.4, 0.5) is 0 Å². The van der Waals surface area contributed by atoms with Gasteiger partial charge in [-0.2, -0.15) is 5.26 Å². The first kappa shape index (κ1) is 21.2. The molecule has 0 bridgehead atoms. The lowest BCUT2D eigenvalue weighted by Gasteiger charge is -2.32. The van der Waals surface area contributed by atoms with Gasteiger partial charge in [-0.05, 0) is 44.0 Å². The van der Waals surface area contributed by atoms with Gasteiger partial charge in [0.25, 0.3) is 11.8 Å². The molecule has 7 heteroatoms. The summed E-state index contributed by atoms with van der Waals surface area (Å²) >= 11 is 0. The van der Waals surface area contributed by atoms with Gasteiger partial charge in [0.05, 0.1) is 18.2 Å². The molecule has 7 nitrogen and oxygen atoms in total. The molecule has 1 aliphatic heterocycles. The second kappa shape index (κ2) is 10.3. The Morgan fingerprint density at radius 2 is 1.83 bits per heavy atom. The number of carbonyl (C=O) groups excluding carboxylic acids is 2. The number of nitriles is 1. The Morgan fingerprint density at radius 1 is 1.10 bits per heavy atom. The highest BCUT2D eigenvalue weighted by atomic mass is 16.5. The zero-order valence-electron chi connectivity index (χ0n) is 17.0. The number of nitrogens with zero attached hydrogens (tertiary/aromatic N) is 2. The molecule has 3 rings (SSSR count). The van der Waals surface area contributed by atoms with Crippen LogP contribution in [0.15, 0.2) is 48.5 Å². The van der Waals surface area contributed by atoms with Crippen LogP contribution in [0.25, 0.3) is 0 Å². The van der Waals surface area contributed by atoms with E-state index in [9.17, 15) is 9.59 Å². The van der Waals surface area contributed by atoms with Gasteiger partial charge < -0.3 is 19.7 Å². The highest BCUT2D eigenvalue weighted by Crippen LogP contribution is 2.28. The molecule has 1 aliphatic rings. The Hall–Kier alpha value is -3.53. The second-order valence-corrected chi connectivity index (χ2v) is 6.99. The van der Waals surface area contributed by atoms with Gasteiger partial charge in [-0.1, -0.05) is 18.2 Å². The van der Waals surface area contributed by atoms with Gasteiger partial charge in [-0.3, -0.25) is 9.59 Å². The normalized spacial score (nSPS) is 13.9. The number of hydrogen-bond donors (Lipinski definition) is 1. The zero-order valence-corrected chi connectivity index (χ0v) is 17.0. The highest BCUT2D eigenvalue weighted by molar-refractivity contribution is 5.94. The molecule has 156 valence electrons. The van der Waals surface area contributed by atoms with Crippen LogP contribution in [-0.2, 0) is 4.79 Å². The van der Waals surface area contributed by atoms with Crippen molar-refractivity contribution in [2.24, 2.45) is 0 Å². The average molecular weight is 407 g/mol. The number of hydrogen-bond acceptors (Lipinski definition) is 5. The number of piperidine rings is 1. The molecule has 0 radical (unpaired) electrons. The average Bonchev–Trinajstić information content (AvgIpc) is 2.79. The molecule has 0 saturated carbocycles. The summed E-state index contributed by atoms with van der Waals surface area (Å²) in [5.74, 6) is 0.684. The third-order valence-electron chi connectivity index (χ3n) is 4.94. The predicted molar refractivity (Wildman–Crippen MR) is 111 cm³/mol. The lowest BCUT2D eigenvalue weighted by molar-refractivity contribution is -0.134. The van der Waals surface area contributed by atoms with Crippen molar-refractivity contribution in [1.82, 2.24) is 10.2 Å². The van der Waals surface area contributed by atoms with Gasteiger partial charge in [0.1, 0.15) is 0 Å². The number of benzene rings is 2. The number of amides is 2. The number of ether oxygens (including phenoxy) is 2. The SMILES string of the molecule is CCOc1cc(C#N)ccc1OCC(=O)N1CCC(NC(=O)c2ccccc2)CC1. The monoisotopic (exact) mass is 407 g/mol. The summed E-state index contributed by atoms with van der Waals surface area (Å²) in [6, 6.07) is 16.1. The molecule has 2 amide bonds. The minimum absolute atomic E-state index is 0.0470. The Bertz CT molecular complexity index is 916. The van der Waals surface area contributed by atoms with Crippen LogP contribution in [0.2, 0.25) is 0 Å². The van der Waals surface area contributed by atoms with Crippen molar-refractivity contribution in [3.63, 3.8) is 0 Å². The topological polar surface area (TPSA) is 91.7 Å². The van der Waals surface area contributed by atoms with E-state index >= 15 is 0 Å². The van der Waals surface area contributed by atoms with E-state index in [4.69, 9.17) is 14.7 Å². The van der Waals surface area contributed by atoms with Crippen LogP contribution in [0.3, 0.4) is 0 Å². The zero-order chi connectivity index (χ0) is 21.3. The molecular weight excluding hydrogens is 382 g/mol. The van der Waals surface area contributed by atoms with Crippen LogP contribution in [0.5, 0.6) is 11.5 Å². The van der Waals surface area contributed by atoms with E-state index in [0.29, 0.717) is 55.2 Å². The van der Waals surface area contributed by atoms with E-state index in [2.05, 4.69) is 11.4 Å². The van der Waals surface area contributed by atoms with E-state index in [1.165, 1.54) is 0 Å². The second-order valence-electron chi connectivity index (χ2n) is 6.99. The summed E-state index contributed by atoms with van der Waals surface area (Å²) in [7, 11) is 0. The molecule has 1 saturated heterocycles. The lowest BCUT2D eigenvalue weighted by atomic mass is 10.0. The maximum Gasteiger partial charge on any atom is 0.260 e. The third-order valence-corrected chi connectivity index (χ3v) is 4.94. The molecule has 2 aromatic rings. The smallest absolute Gasteiger partial charge is 0.260 e. The number of nitrogens with one attached hydrogen (secondary N) is 1. The van der Waals surface area contributed by atoms with Crippen molar-refractivity contribution < 1.29 is 19.1 Å². The Morgan fingerprint density at radius 3 is 2.50 bits per heavy atom. The number of likely N-dealkylation sites (tertiary alicyclic amines) is 1. The summed E-state index contributed by atoms with van der Waals surface area (Å²) < 4.78 is 11.2. The molecule has 1 N–H and O–H groups in total. The molecule has 0 aromatic heterocycles. The minimum Gasteiger partial charge on any atom is -0.490 e. The number of rotatable bonds is 7. The van der Waals surface area contributed by atoms with Crippen LogP contribution in [-0.4, -0.2) is 49.1 Å². The molecule has 0 unspecified atom stereocenters. The summed E-state index contributed by atoms with van der Waals surface area (Å²) in [4.78, 5) is 26.6. The van der Waals surface area contributed by atoms with Crippen molar-refractivity contribution in [2.45, 2.75) is 25.8 Å². The van der Waals surface area contributed by atoms with Crippen LogP contribution in [0, 0.1) is 11.3 Å². The number of carbonyl (C=O) groups is 2. The molecule has 1 fully saturated rings. The molecule has 0 aliphatic carbocycles. The van der Waals surface area contributed by atoms with E-state index in [1.807, 2.05) is 25.1 Å². The predicted octanol–water partition coefficient (Wildman–Crippen LogP) is 2.76. The van der Waals surface area contributed by atoms with E-state index < -0.39 is 0 Å². The highest BCUT2D eigenvalue weighted by Gasteiger charge is 2.24. The maximum absolute atomic E-state index is 12.5. The molecule has 0 atom stereocenters. The van der Waals surface area contributed by atoms with Crippen LogP contribution < -0.4 is 14.8 Å². The van der Waals surface area contributed by atoms with Gasteiger partial charge >= 0.3 is 0 Å². The van der Waals surface area contributed by atoms with E-state index in [-0.39, 0.29) is 24.5 Å². The van der Waals surface area contributed by atoms with Crippen LogP contribution in [0.1, 0.15) is 35.7 Å². The van der Waals surface area contributed by atoms with Gasteiger partial charge in [0.2, 0.25) is 0 Å². The van der Waals surface area contributed by atoms with Crippen LogP contribution >= 0.6 is 0 Å². The van der Waals surface area contributed by atoms with E-state index in [1.54, 1.807) is 35.2 Å². The largest absolute Gasteiger partial charge is 0.490 e. The Labute approximate surface area is 176 Å². The fourth-order valence-electron chi connectivity index (χ4n) is 3.33. The summed E-state index contributed by atoms with van der Waals surface area (Å²) in [5, 5.41) is 12.1. The quantitative estimate of drug-likeness (QED) is 0.762. The van der Waals surface area contributed by atoms with Gasteiger partial charge in [-0.15, -0.1) is 0 Å².